The Balaban J connectivity index is 2.25. The lowest BCUT2D eigenvalue weighted by atomic mass is 9.79. The van der Waals surface area contributed by atoms with Gasteiger partial charge in [-0.15, -0.1) is 0 Å². The predicted molar refractivity (Wildman–Crippen MR) is 54.2 cm³/mol. The summed E-state index contributed by atoms with van der Waals surface area (Å²) in [5.74, 6) is 1.48. The smallest absolute Gasteiger partial charge is 0.534 e. The zero-order chi connectivity index (χ0) is 10.3. The molecule has 3 nitrogen and oxygen atoms in total. The van der Waals surface area contributed by atoms with Crippen LogP contribution >= 0.6 is 0 Å². The summed E-state index contributed by atoms with van der Waals surface area (Å²) in [5.41, 5.74) is 0.505. The molecule has 0 aliphatic carbocycles. The van der Waals surface area contributed by atoms with Crippen LogP contribution in [0.2, 0.25) is 0 Å². The van der Waals surface area contributed by atoms with Crippen LogP contribution in [0.3, 0.4) is 0 Å². The fourth-order valence-corrected chi connectivity index (χ4v) is 1.39. The number of hydrogen-bond donors (Lipinski definition) is 0. The Hall–Kier alpha value is -1.16. The summed E-state index contributed by atoms with van der Waals surface area (Å²) in [6.45, 7) is 9.57. The average Bonchev–Trinajstić information content (AvgIpc) is 2.58. The lowest BCUT2D eigenvalue weighted by Gasteiger charge is -2.15. The van der Waals surface area contributed by atoms with Crippen LogP contribution in [0.25, 0.3) is 0 Å². The van der Waals surface area contributed by atoms with Gasteiger partial charge in [-0.2, -0.15) is 0 Å². The second-order valence-corrected chi connectivity index (χ2v) is 3.93. The van der Waals surface area contributed by atoms with Gasteiger partial charge < -0.3 is 13.7 Å². The second-order valence-electron chi connectivity index (χ2n) is 3.93. The van der Waals surface area contributed by atoms with E-state index in [0.717, 1.165) is 11.2 Å². The van der Waals surface area contributed by atoms with Crippen molar-refractivity contribution in [2.24, 2.45) is 0 Å². The zero-order valence-electron chi connectivity index (χ0n) is 8.66. The molecule has 0 N–H and O–H groups in total. The van der Waals surface area contributed by atoms with Gasteiger partial charge in [-0.05, 0) is 26.8 Å². The van der Waals surface area contributed by atoms with E-state index >= 15 is 0 Å². The minimum Gasteiger partial charge on any atom is -0.534 e. The van der Waals surface area contributed by atoms with Crippen LogP contribution in [0.5, 0.6) is 0 Å². The Morgan fingerprint density at radius 3 is 2.57 bits per heavy atom. The Kier molecular flexibility index (Phi) is 1.96. The predicted octanol–water partition coefficient (Wildman–Crippen LogP) is 1.62. The quantitative estimate of drug-likeness (QED) is 0.633. The molecule has 0 saturated carbocycles. The largest absolute Gasteiger partial charge is 0.566 e. The highest BCUT2D eigenvalue weighted by Crippen LogP contribution is 2.29. The average molecular weight is 192 g/mol. The molecule has 1 aliphatic heterocycles. The van der Waals surface area contributed by atoms with E-state index in [2.05, 4.69) is 6.58 Å². The van der Waals surface area contributed by atoms with Crippen molar-refractivity contribution < 1.29 is 13.7 Å². The fourth-order valence-electron chi connectivity index (χ4n) is 1.39. The lowest BCUT2D eigenvalue weighted by molar-refractivity contribution is 0.173. The van der Waals surface area contributed by atoms with E-state index in [0.29, 0.717) is 5.76 Å². The highest BCUT2D eigenvalue weighted by atomic mass is 16.7. The molecule has 1 aromatic heterocycles. The second kappa shape index (κ2) is 2.92. The Labute approximate surface area is 83.8 Å². The highest BCUT2D eigenvalue weighted by molar-refractivity contribution is 6.62. The summed E-state index contributed by atoms with van der Waals surface area (Å²) < 4.78 is 16.4. The minimum absolute atomic E-state index is 0.378. The van der Waals surface area contributed by atoms with E-state index in [1.807, 2.05) is 26.8 Å². The molecule has 4 heteroatoms. The summed E-state index contributed by atoms with van der Waals surface area (Å²) in [5, 5.41) is 0. The normalized spacial score (nSPS) is 19.9. The van der Waals surface area contributed by atoms with Gasteiger partial charge in [-0.25, -0.2) is 0 Å². The van der Waals surface area contributed by atoms with Gasteiger partial charge in [0.05, 0.1) is 12.0 Å². The van der Waals surface area contributed by atoms with Crippen molar-refractivity contribution in [3.05, 3.63) is 30.4 Å². The van der Waals surface area contributed by atoms with Gasteiger partial charge in [0.1, 0.15) is 11.4 Å². The first kappa shape index (κ1) is 9.40. The summed E-state index contributed by atoms with van der Waals surface area (Å²) in [6.07, 6.45) is 1.63. The van der Waals surface area contributed by atoms with Gasteiger partial charge in [0.2, 0.25) is 0 Å². The summed E-state index contributed by atoms with van der Waals surface area (Å²) >= 11 is 0. The minimum atomic E-state index is -0.422. The van der Waals surface area contributed by atoms with E-state index < -0.39 is 5.60 Å². The van der Waals surface area contributed by atoms with Crippen molar-refractivity contribution >= 4 is 12.6 Å². The zero-order valence-corrected chi connectivity index (χ0v) is 8.66. The first-order valence-corrected chi connectivity index (χ1v) is 4.58. The summed E-state index contributed by atoms with van der Waals surface area (Å²) in [4.78, 5) is 0. The molecule has 1 aliphatic rings. The third kappa shape index (κ3) is 1.36. The number of furan rings is 1. The van der Waals surface area contributed by atoms with Crippen LogP contribution in [0, 0.1) is 6.92 Å². The highest BCUT2D eigenvalue weighted by Gasteiger charge is 2.44. The molecule has 0 bridgehead atoms. The van der Waals surface area contributed by atoms with Crippen LogP contribution < -0.4 is 5.46 Å². The van der Waals surface area contributed by atoms with Crippen LogP contribution in [0.15, 0.2) is 29.1 Å². The maximum absolute atomic E-state index is 5.70. The Morgan fingerprint density at radius 2 is 2.14 bits per heavy atom. The molecular weight excluding hydrogens is 179 g/mol. The van der Waals surface area contributed by atoms with Gasteiger partial charge in [-0.1, -0.05) is 6.58 Å². The van der Waals surface area contributed by atoms with Gasteiger partial charge in [-0.3, -0.25) is 0 Å². The standard InChI is InChI=1S/C10H13BO3/c1-7-9(5-6-12-7)11-13-8(2)10(3,4)14-11/h5-6H,2H2,1,3-4H3. The van der Waals surface area contributed by atoms with Crippen molar-refractivity contribution in [1.82, 2.24) is 0 Å². The summed E-state index contributed by atoms with van der Waals surface area (Å²) in [6, 6.07) is 1.86. The number of hydrogen-bond acceptors (Lipinski definition) is 3. The van der Waals surface area contributed by atoms with Gasteiger partial charge in [0, 0.05) is 5.46 Å². The Bertz CT molecular complexity index is 367. The molecule has 2 rings (SSSR count). The van der Waals surface area contributed by atoms with Crippen molar-refractivity contribution in [1.29, 1.82) is 0 Å². The molecule has 0 unspecified atom stereocenters. The molecule has 0 amide bonds. The molecule has 0 aromatic carbocycles. The van der Waals surface area contributed by atoms with Crippen molar-refractivity contribution in [3.63, 3.8) is 0 Å². The van der Waals surface area contributed by atoms with Gasteiger partial charge in [0.25, 0.3) is 0 Å². The monoisotopic (exact) mass is 192 g/mol. The first-order chi connectivity index (χ1) is 6.50. The van der Waals surface area contributed by atoms with Crippen molar-refractivity contribution in [2.75, 3.05) is 0 Å². The van der Waals surface area contributed by atoms with Crippen LogP contribution in [-0.4, -0.2) is 12.7 Å². The molecular formula is C10H13BO3. The third-order valence-corrected chi connectivity index (χ3v) is 2.48. The maximum Gasteiger partial charge on any atom is 0.566 e. The van der Waals surface area contributed by atoms with E-state index in [-0.39, 0.29) is 7.12 Å². The van der Waals surface area contributed by atoms with Crippen molar-refractivity contribution in [3.8, 4) is 0 Å². The van der Waals surface area contributed by atoms with Crippen molar-refractivity contribution in [2.45, 2.75) is 26.4 Å². The van der Waals surface area contributed by atoms with E-state index in [1.54, 1.807) is 6.26 Å². The molecule has 1 saturated heterocycles. The topological polar surface area (TPSA) is 31.6 Å². The molecule has 14 heavy (non-hydrogen) atoms. The summed E-state index contributed by atoms with van der Waals surface area (Å²) in [7, 11) is -0.378. The molecule has 74 valence electrons. The van der Waals surface area contributed by atoms with E-state index in [1.165, 1.54) is 0 Å². The first-order valence-electron chi connectivity index (χ1n) is 4.58. The maximum atomic E-state index is 5.70. The van der Waals surface area contributed by atoms with Gasteiger partial charge >= 0.3 is 7.12 Å². The van der Waals surface area contributed by atoms with E-state index in [9.17, 15) is 0 Å². The lowest BCUT2D eigenvalue weighted by Crippen LogP contribution is -2.34. The van der Waals surface area contributed by atoms with Crippen LogP contribution in [0.1, 0.15) is 19.6 Å². The van der Waals surface area contributed by atoms with E-state index in [4.69, 9.17) is 13.7 Å². The molecule has 0 radical (unpaired) electrons. The fraction of sp³-hybridized carbons (Fsp3) is 0.400. The third-order valence-electron chi connectivity index (χ3n) is 2.48. The Morgan fingerprint density at radius 1 is 1.43 bits per heavy atom. The van der Waals surface area contributed by atoms with Crippen LogP contribution in [-0.2, 0) is 9.31 Å². The molecule has 1 fully saturated rings. The number of rotatable bonds is 1. The van der Waals surface area contributed by atoms with Crippen LogP contribution in [0.4, 0.5) is 0 Å². The molecule has 1 aromatic rings. The number of aryl methyl sites for hydroxylation is 1. The van der Waals surface area contributed by atoms with Gasteiger partial charge in [0.15, 0.2) is 0 Å². The molecule has 0 atom stereocenters. The molecule has 0 spiro atoms. The molecule has 2 heterocycles. The SMILES string of the molecule is C=C1OB(c2ccoc2C)OC1(C)C.